The van der Waals surface area contributed by atoms with E-state index < -0.39 is 0 Å². The predicted octanol–water partition coefficient (Wildman–Crippen LogP) is 5.72. The van der Waals surface area contributed by atoms with Crippen LogP contribution in [0.15, 0.2) is 28.7 Å². The zero-order chi connectivity index (χ0) is 14.0. The van der Waals surface area contributed by atoms with Crippen molar-refractivity contribution < 1.29 is 0 Å². The molecule has 0 radical (unpaired) electrons. The van der Waals surface area contributed by atoms with Gasteiger partial charge in [0.25, 0.3) is 0 Å². The van der Waals surface area contributed by atoms with E-state index in [0.29, 0.717) is 21.9 Å². The normalized spacial score (nSPS) is 10.6. The molecular formula is C13H10BrCl3N2. The third kappa shape index (κ3) is 3.76. The quantitative estimate of drug-likeness (QED) is 0.689. The fraction of sp³-hybridized carbons (Fsp3) is 0.154. The first-order valence-corrected chi connectivity index (χ1v) is 7.40. The number of hydrogen-bond acceptors (Lipinski definition) is 2. The van der Waals surface area contributed by atoms with E-state index in [2.05, 4.69) is 26.2 Å². The molecule has 0 bridgehead atoms. The highest BCUT2D eigenvalue weighted by Gasteiger charge is 2.07. The standard InChI is InChI=1S/C13H10BrCl3N2/c1-7-4-11(16)19-13(17)12(7)18-6-8-2-3-9(14)10(15)5-8/h2-5,18H,6H2,1H3. The van der Waals surface area contributed by atoms with Crippen LogP contribution in [0.3, 0.4) is 0 Å². The van der Waals surface area contributed by atoms with Crippen molar-refractivity contribution in [3.63, 3.8) is 0 Å². The van der Waals surface area contributed by atoms with Gasteiger partial charge in [0.05, 0.1) is 10.7 Å². The molecule has 0 unspecified atom stereocenters. The molecule has 1 heterocycles. The fourth-order valence-corrected chi connectivity index (χ4v) is 2.70. The van der Waals surface area contributed by atoms with Crippen molar-refractivity contribution in [2.75, 3.05) is 5.32 Å². The molecule has 0 aliphatic heterocycles. The molecule has 1 N–H and O–H groups in total. The van der Waals surface area contributed by atoms with Gasteiger partial charge < -0.3 is 5.32 Å². The van der Waals surface area contributed by atoms with E-state index >= 15 is 0 Å². The predicted molar refractivity (Wildman–Crippen MR) is 85.5 cm³/mol. The minimum absolute atomic E-state index is 0.369. The van der Waals surface area contributed by atoms with Crippen molar-refractivity contribution in [1.82, 2.24) is 4.98 Å². The van der Waals surface area contributed by atoms with Crippen LogP contribution in [0.2, 0.25) is 15.3 Å². The Morgan fingerprint density at radius 2 is 1.95 bits per heavy atom. The largest absolute Gasteiger partial charge is 0.378 e. The molecule has 0 atom stereocenters. The number of nitrogens with zero attached hydrogens (tertiary/aromatic N) is 1. The zero-order valence-corrected chi connectivity index (χ0v) is 13.8. The summed E-state index contributed by atoms with van der Waals surface area (Å²) in [6.45, 7) is 2.53. The topological polar surface area (TPSA) is 24.9 Å². The molecule has 0 aliphatic rings. The van der Waals surface area contributed by atoms with Crippen LogP contribution in [0.5, 0.6) is 0 Å². The van der Waals surface area contributed by atoms with Crippen LogP contribution >= 0.6 is 50.7 Å². The first kappa shape index (κ1) is 14.9. The summed E-state index contributed by atoms with van der Waals surface area (Å²) in [4.78, 5) is 4.01. The third-order valence-corrected chi connectivity index (χ3v) is 4.29. The molecule has 1 aromatic heterocycles. The molecule has 0 amide bonds. The van der Waals surface area contributed by atoms with Crippen LogP contribution < -0.4 is 5.32 Å². The van der Waals surface area contributed by atoms with Crippen LogP contribution in [0.1, 0.15) is 11.1 Å². The van der Waals surface area contributed by atoms with E-state index in [1.807, 2.05) is 25.1 Å². The Balaban J connectivity index is 2.16. The molecule has 6 heteroatoms. The number of aromatic nitrogens is 1. The average Bonchev–Trinajstić information content (AvgIpc) is 2.32. The van der Waals surface area contributed by atoms with E-state index in [-0.39, 0.29) is 0 Å². The molecule has 100 valence electrons. The number of aryl methyl sites for hydroxylation is 1. The summed E-state index contributed by atoms with van der Waals surface area (Å²) < 4.78 is 0.875. The van der Waals surface area contributed by atoms with Crippen LogP contribution in [-0.4, -0.2) is 4.98 Å². The maximum absolute atomic E-state index is 6.07. The lowest BCUT2D eigenvalue weighted by atomic mass is 10.2. The number of hydrogen-bond donors (Lipinski definition) is 1. The van der Waals surface area contributed by atoms with Crippen LogP contribution in [0.25, 0.3) is 0 Å². The first-order valence-electron chi connectivity index (χ1n) is 5.48. The van der Waals surface area contributed by atoms with Crippen molar-refractivity contribution in [1.29, 1.82) is 0 Å². The van der Waals surface area contributed by atoms with Crippen molar-refractivity contribution >= 4 is 56.4 Å². The summed E-state index contributed by atoms with van der Waals surface area (Å²) >= 11 is 21.3. The second-order valence-corrected chi connectivity index (χ2v) is 6.04. The Hall–Kier alpha value is -0.480. The van der Waals surface area contributed by atoms with Gasteiger partial charge in [0.15, 0.2) is 5.15 Å². The number of anilines is 1. The number of nitrogens with one attached hydrogen (secondary N) is 1. The molecule has 0 saturated heterocycles. The Bertz CT molecular complexity index is 594. The molecule has 2 nitrogen and oxygen atoms in total. The molecule has 0 spiro atoms. The van der Waals surface area contributed by atoms with Crippen molar-refractivity contribution in [2.24, 2.45) is 0 Å². The summed E-state index contributed by atoms with van der Waals surface area (Å²) in [5.41, 5.74) is 2.79. The molecular weight excluding hydrogens is 370 g/mol. The summed E-state index contributed by atoms with van der Waals surface area (Å²) in [6.07, 6.45) is 0. The van der Waals surface area contributed by atoms with E-state index in [1.54, 1.807) is 6.07 Å². The Labute approximate surface area is 135 Å². The molecule has 0 saturated carbocycles. The third-order valence-electron chi connectivity index (χ3n) is 2.59. The van der Waals surface area contributed by atoms with Crippen LogP contribution in [-0.2, 0) is 6.54 Å². The number of rotatable bonds is 3. The lowest BCUT2D eigenvalue weighted by Gasteiger charge is -2.11. The van der Waals surface area contributed by atoms with E-state index in [0.717, 1.165) is 21.3 Å². The zero-order valence-electron chi connectivity index (χ0n) is 9.98. The van der Waals surface area contributed by atoms with E-state index in [9.17, 15) is 0 Å². The fourth-order valence-electron chi connectivity index (χ4n) is 1.65. The van der Waals surface area contributed by atoms with Gasteiger partial charge in [0.1, 0.15) is 5.15 Å². The van der Waals surface area contributed by atoms with Crippen molar-refractivity contribution in [3.8, 4) is 0 Å². The second kappa shape index (κ2) is 6.31. The SMILES string of the molecule is Cc1cc(Cl)nc(Cl)c1NCc1ccc(Br)c(Cl)c1. The first-order chi connectivity index (χ1) is 8.97. The average molecular weight is 380 g/mol. The monoisotopic (exact) mass is 378 g/mol. The second-order valence-electron chi connectivity index (χ2n) is 4.03. The molecule has 2 aromatic rings. The lowest BCUT2D eigenvalue weighted by molar-refractivity contribution is 1.12. The maximum atomic E-state index is 6.07. The Kier molecular flexibility index (Phi) is 4.96. The summed E-state index contributed by atoms with van der Waals surface area (Å²) in [5.74, 6) is 0. The number of benzene rings is 1. The van der Waals surface area contributed by atoms with Gasteiger partial charge in [-0.15, -0.1) is 0 Å². The highest BCUT2D eigenvalue weighted by molar-refractivity contribution is 9.10. The summed E-state index contributed by atoms with van der Waals surface area (Å²) in [6, 6.07) is 7.55. The maximum Gasteiger partial charge on any atom is 0.154 e. The van der Waals surface area contributed by atoms with Crippen LogP contribution in [0, 0.1) is 6.92 Å². The van der Waals surface area contributed by atoms with Gasteiger partial charge in [0.2, 0.25) is 0 Å². The van der Waals surface area contributed by atoms with E-state index in [4.69, 9.17) is 34.8 Å². The molecule has 1 aromatic carbocycles. The molecule has 2 rings (SSSR count). The smallest absolute Gasteiger partial charge is 0.154 e. The lowest BCUT2D eigenvalue weighted by Crippen LogP contribution is -2.03. The minimum Gasteiger partial charge on any atom is -0.378 e. The van der Waals surface area contributed by atoms with Gasteiger partial charge in [-0.05, 0) is 52.2 Å². The number of pyridine rings is 1. The highest BCUT2D eigenvalue weighted by Crippen LogP contribution is 2.28. The van der Waals surface area contributed by atoms with Gasteiger partial charge >= 0.3 is 0 Å². The molecule has 19 heavy (non-hydrogen) atoms. The Morgan fingerprint density at radius 3 is 2.58 bits per heavy atom. The van der Waals surface area contributed by atoms with Gasteiger partial charge in [-0.25, -0.2) is 4.98 Å². The minimum atomic E-state index is 0.369. The summed E-state index contributed by atoms with van der Waals surface area (Å²) in [5, 5.41) is 4.68. The van der Waals surface area contributed by atoms with Gasteiger partial charge in [-0.3, -0.25) is 0 Å². The highest BCUT2D eigenvalue weighted by atomic mass is 79.9. The van der Waals surface area contributed by atoms with Crippen molar-refractivity contribution in [2.45, 2.75) is 13.5 Å². The summed E-state index contributed by atoms with van der Waals surface area (Å²) in [7, 11) is 0. The number of halogens is 4. The van der Waals surface area contributed by atoms with Crippen molar-refractivity contribution in [3.05, 3.63) is 55.2 Å². The van der Waals surface area contributed by atoms with Crippen LogP contribution in [0.4, 0.5) is 5.69 Å². The van der Waals surface area contributed by atoms with Gasteiger partial charge in [-0.1, -0.05) is 40.9 Å². The molecule has 0 fully saturated rings. The van der Waals surface area contributed by atoms with E-state index in [1.165, 1.54) is 0 Å². The van der Waals surface area contributed by atoms with Gasteiger partial charge in [0, 0.05) is 11.0 Å². The van der Waals surface area contributed by atoms with Gasteiger partial charge in [-0.2, -0.15) is 0 Å². The molecule has 0 aliphatic carbocycles. The Morgan fingerprint density at radius 1 is 1.21 bits per heavy atom.